The summed E-state index contributed by atoms with van der Waals surface area (Å²) in [6, 6.07) is 0. The van der Waals surface area contributed by atoms with E-state index in [1.807, 2.05) is 0 Å². The maximum Gasteiger partial charge on any atom is 0.482 e. The summed E-state index contributed by atoms with van der Waals surface area (Å²) in [5.41, 5.74) is 0. The molecule has 1 N–H and O–H groups in total. The van der Waals surface area contributed by atoms with Gasteiger partial charge in [-0.05, 0) is 0 Å². The van der Waals surface area contributed by atoms with Crippen molar-refractivity contribution in [3.8, 4) is 0 Å². The number of ether oxygens (including phenoxy) is 4. The van der Waals surface area contributed by atoms with Crippen molar-refractivity contribution >= 4 is 43.2 Å². The highest BCUT2D eigenvalue weighted by Gasteiger charge is 2.50. The van der Waals surface area contributed by atoms with Crippen LogP contribution >= 0.6 is 25.3 Å². The van der Waals surface area contributed by atoms with Gasteiger partial charge in [0, 0.05) is 0 Å². The molecule has 0 fully saturated rings. The standard InChI is InChI=1S/C10H14O8S2/c1-2-15-9(14)10(16-4-3-11,17-7(12)5-19)18-8(13)6-20/h2,11,19-20H,1,3-6H2. The molecule has 0 aliphatic heterocycles. The van der Waals surface area contributed by atoms with Gasteiger partial charge in [0.15, 0.2) is 0 Å². The van der Waals surface area contributed by atoms with Gasteiger partial charge in [-0.25, -0.2) is 4.79 Å². The number of hydrogen-bond acceptors (Lipinski definition) is 10. The molecule has 0 unspecified atom stereocenters. The van der Waals surface area contributed by atoms with Gasteiger partial charge in [0.2, 0.25) is 0 Å². The Bertz CT molecular complexity index is 352. The Morgan fingerprint density at radius 2 is 1.65 bits per heavy atom. The van der Waals surface area contributed by atoms with E-state index in [1.165, 1.54) is 0 Å². The molecule has 0 bridgehead atoms. The van der Waals surface area contributed by atoms with Crippen LogP contribution in [0.5, 0.6) is 0 Å². The van der Waals surface area contributed by atoms with Crippen molar-refractivity contribution < 1.29 is 38.4 Å². The van der Waals surface area contributed by atoms with Gasteiger partial charge in [-0.1, -0.05) is 6.58 Å². The Labute approximate surface area is 125 Å². The molecule has 0 aromatic heterocycles. The van der Waals surface area contributed by atoms with Crippen LogP contribution in [-0.2, 0) is 33.3 Å². The molecule has 8 nitrogen and oxygen atoms in total. The van der Waals surface area contributed by atoms with Crippen LogP contribution in [0.25, 0.3) is 0 Å². The first kappa shape index (κ1) is 18.8. The molecule has 0 saturated carbocycles. The Hall–Kier alpha value is -1.23. The third kappa shape index (κ3) is 5.82. The Morgan fingerprint density at radius 3 is 2.00 bits per heavy atom. The minimum Gasteiger partial charge on any atom is -0.427 e. The lowest BCUT2D eigenvalue weighted by Gasteiger charge is -2.28. The van der Waals surface area contributed by atoms with Gasteiger partial charge in [0.1, 0.15) is 0 Å². The summed E-state index contributed by atoms with van der Waals surface area (Å²) in [5, 5.41) is 8.72. The number of rotatable bonds is 9. The van der Waals surface area contributed by atoms with Gasteiger partial charge in [-0.2, -0.15) is 25.3 Å². The first-order valence-corrected chi connectivity index (χ1v) is 6.44. The molecule has 0 saturated heterocycles. The largest absolute Gasteiger partial charge is 0.482 e. The molecule has 114 valence electrons. The fourth-order valence-electron chi connectivity index (χ4n) is 0.914. The van der Waals surface area contributed by atoms with E-state index in [-0.39, 0.29) is 0 Å². The summed E-state index contributed by atoms with van der Waals surface area (Å²) in [6.45, 7) is 2.14. The molecule has 0 heterocycles. The molecule has 0 aromatic rings. The SMILES string of the molecule is C=COC(=O)C(OCCO)(OC(=O)CS)OC(=O)CS. The molecular weight excluding hydrogens is 312 g/mol. The van der Waals surface area contributed by atoms with E-state index < -0.39 is 48.6 Å². The second-order valence-electron chi connectivity index (χ2n) is 2.96. The Kier molecular flexibility index (Phi) is 9.05. The predicted octanol–water partition coefficient (Wildman–Crippen LogP) is -0.718. The zero-order valence-corrected chi connectivity index (χ0v) is 12.1. The van der Waals surface area contributed by atoms with Crippen molar-refractivity contribution in [1.29, 1.82) is 0 Å². The predicted molar refractivity (Wildman–Crippen MR) is 71.9 cm³/mol. The number of aliphatic hydroxyl groups excluding tert-OH is 1. The fourth-order valence-corrected chi connectivity index (χ4v) is 1.04. The molecule has 0 aliphatic rings. The van der Waals surface area contributed by atoms with Gasteiger partial charge in [0.05, 0.1) is 31.0 Å². The summed E-state index contributed by atoms with van der Waals surface area (Å²) >= 11 is 7.29. The fraction of sp³-hybridized carbons (Fsp3) is 0.500. The van der Waals surface area contributed by atoms with Crippen LogP contribution in [0, 0.1) is 0 Å². The first-order valence-electron chi connectivity index (χ1n) is 5.18. The summed E-state index contributed by atoms with van der Waals surface area (Å²) in [4.78, 5) is 34.3. The van der Waals surface area contributed by atoms with E-state index in [0.717, 1.165) is 6.26 Å². The highest BCUT2D eigenvalue weighted by atomic mass is 32.1. The van der Waals surface area contributed by atoms with E-state index in [2.05, 4.69) is 46.0 Å². The minimum atomic E-state index is -2.78. The van der Waals surface area contributed by atoms with Crippen LogP contribution in [-0.4, -0.2) is 53.7 Å². The molecule has 0 spiro atoms. The molecule has 0 amide bonds. The zero-order valence-electron chi connectivity index (χ0n) is 10.3. The quantitative estimate of drug-likeness (QED) is 0.220. The molecule has 0 rings (SSSR count). The number of hydrogen-bond donors (Lipinski definition) is 3. The molecule has 10 heteroatoms. The van der Waals surface area contributed by atoms with Crippen LogP contribution < -0.4 is 0 Å². The van der Waals surface area contributed by atoms with Gasteiger partial charge in [0.25, 0.3) is 0 Å². The van der Waals surface area contributed by atoms with Gasteiger partial charge in [-0.15, -0.1) is 0 Å². The van der Waals surface area contributed by atoms with Crippen molar-refractivity contribution in [3.05, 3.63) is 12.8 Å². The van der Waals surface area contributed by atoms with Gasteiger partial charge >= 0.3 is 23.9 Å². The highest BCUT2D eigenvalue weighted by molar-refractivity contribution is 7.81. The maximum absolute atomic E-state index is 11.8. The van der Waals surface area contributed by atoms with Crippen molar-refractivity contribution in [2.75, 3.05) is 24.7 Å². The molecule has 0 aliphatic carbocycles. The lowest BCUT2D eigenvalue weighted by molar-refractivity contribution is -0.332. The number of thiol groups is 2. The summed E-state index contributed by atoms with van der Waals surface area (Å²) in [6.07, 6.45) is 0.725. The first-order chi connectivity index (χ1) is 9.45. The van der Waals surface area contributed by atoms with Crippen LogP contribution in [0.4, 0.5) is 0 Å². The Balaban J connectivity index is 5.35. The Morgan fingerprint density at radius 1 is 1.15 bits per heavy atom. The summed E-state index contributed by atoms with van der Waals surface area (Å²) in [7, 11) is 0. The van der Waals surface area contributed by atoms with E-state index >= 15 is 0 Å². The number of carbonyl (C=O) groups is 3. The molecule has 0 aromatic carbocycles. The lowest BCUT2D eigenvalue weighted by Crippen LogP contribution is -2.51. The normalized spacial score (nSPS) is 10.6. The van der Waals surface area contributed by atoms with Gasteiger partial charge in [-0.3, -0.25) is 14.3 Å². The number of aliphatic hydroxyl groups is 1. The third-order valence-corrected chi connectivity index (χ3v) is 2.09. The average Bonchev–Trinajstić information content (AvgIpc) is 2.44. The number of esters is 3. The van der Waals surface area contributed by atoms with E-state index in [9.17, 15) is 14.4 Å². The zero-order chi connectivity index (χ0) is 15.6. The van der Waals surface area contributed by atoms with Crippen LogP contribution in [0.15, 0.2) is 12.8 Å². The van der Waals surface area contributed by atoms with Crippen molar-refractivity contribution in [2.45, 2.75) is 5.97 Å². The van der Waals surface area contributed by atoms with Crippen molar-refractivity contribution in [3.63, 3.8) is 0 Å². The highest BCUT2D eigenvalue weighted by Crippen LogP contribution is 2.19. The topological polar surface area (TPSA) is 108 Å². The molecule has 0 atom stereocenters. The summed E-state index contributed by atoms with van der Waals surface area (Å²) < 4.78 is 18.5. The van der Waals surface area contributed by atoms with E-state index in [4.69, 9.17) is 9.84 Å². The second kappa shape index (κ2) is 9.64. The van der Waals surface area contributed by atoms with Crippen LogP contribution in [0.3, 0.4) is 0 Å². The summed E-state index contributed by atoms with van der Waals surface area (Å²) in [5.74, 6) is -6.99. The second-order valence-corrected chi connectivity index (χ2v) is 3.60. The van der Waals surface area contributed by atoms with E-state index in [0.29, 0.717) is 0 Å². The van der Waals surface area contributed by atoms with Crippen molar-refractivity contribution in [1.82, 2.24) is 0 Å². The van der Waals surface area contributed by atoms with E-state index in [1.54, 1.807) is 0 Å². The van der Waals surface area contributed by atoms with Gasteiger partial charge < -0.3 is 19.3 Å². The smallest absolute Gasteiger partial charge is 0.427 e. The van der Waals surface area contributed by atoms with Crippen LogP contribution in [0.2, 0.25) is 0 Å². The van der Waals surface area contributed by atoms with Crippen LogP contribution in [0.1, 0.15) is 0 Å². The average molecular weight is 326 g/mol. The monoisotopic (exact) mass is 326 g/mol. The molecule has 20 heavy (non-hydrogen) atoms. The molecular formula is C10H14O8S2. The lowest BCUT2D eigenvalue weighted by atomic mass is 10.5. The third-order valence-electron chi connectivity index (χ3n) is 1.58. The number of carbonyl (C=O) groups excluding carboxylic acids is 3. The maximum atomic E-state index is 11.8. The molecule has 0 radical (unpaired) electrons. The van der Waals surface area contributed by atoms with Crippen molar-refractivity contribution in [2.24, 2.45) is 0 Å². The minimum absolute atomic E-state index is 0.413.